The van der Waals surface area contributed by atoms with Gasteiger partial charge in [-0.2, -0.15) is 10.2 Å². The molecule has 46 heavy (non-hydrogen) atoms. The highest BCUT2D eigenvalue weighted by Gasteiger charge is 2.39. The molecule has 1 aliphatic heterocycles. The fraction of sp³-hybridized carbons (Fsp3) is 0.242. The molecule has 2 aromatic heterocycles. The first-order valence-corrected chi connectivity index (χ1v) is 14.1. The van der Waals surface area contributed by atoms with Gasteiger partial charge in [-0.1, -0.05) is 19.9 Å². The molecule has 13 heteroatoms. The predicted octanol–water partition coefficient (Wildman–Crippen LogP) is 6.39. The number of hydrogen-bond donors (Lipinski definition) is 1. The zero-order valence-electron chi connectivity index (χ0n) is 24.5. The number of fused-ring (bicyclic) bond motifs is 1. The summed E-state index contributed by atoms with van der Waals surface area (Å²) in [5, 5.41) is 18.4. The SMILES string of the molecule is CC1(C)COCC1n1c(Cc2cc(F)c(-c3ccnc(OCc4ccc(C#N)cc4F)n3)cc2F)nc2c(F)cc(C(=O)O)cc21. The van der Waals surface area contributed by atoms with Crippen LogP contribution in [0.1, 0.15) is 52.8 Å². The number of halogens is 4. The van der Waals surface area contributed by atoms with Crippen molar-refractivity contribution in [2.45, 2.75) is 32.9 Å². The average molecular weight is 632 g/mol. The number of aromatic carboxylic acids is 1. The lowest BCUT2D eigenvalue weighted by Gasteiger charge is -2.28. The molecule has 3 aromatic carbocycles. The molecular formula is C33H25F4N5O4. The topological polar surface area (TPSA) is 123 Å². The van der Waals surface area contributed by atoms with Crippen LogP contribution in [0.4, 0.5) is 17.6 Å². The molecule has 0 spiro atoms. The zero-order valence-corrected chi connectivity index (χ0v) is 24.5. The van der Waals surface area contributed by atoms with E-state index >= 15 is 13.2 Å². The van der Waals surface area contributed by atoms with Gasteiger partial charge in [0.2, 0.25) is 0 Å². The van der Waals surface area contributed by atoms with E-state index < -0.39 is 34.7 Å². The van der Waals surface area contributed by atoms with Crippen LogP contribution in [0, 0.1) is 40.0 Å². The summed E-state index contributed by atoms with van der Waals surface area (Å²) in [6.07, 6.45) is 1.05. The second kappa shape index (κ2) is 11.9. The summed E-state index contributed by atoms with van der Waals surface area (Å²) in [5.41, 5.74) is -0.563. The van der Waals surface area contributed by atoms with Crippen molar-refractivity contribution in [3.05, 3.63) is 106 Å². The summed E-state index contributed by atoms with van der Waals surface area (Å²) in [6.45, 7) is 4.22. The van der Waals surface area contributed by atoms with Crippen molar-refractivity contribution in [1.29, 1.82) is 5.26 Å². The molecule has 1 fully saturated rings. The van der Waals surface area contributed by atoms with E-state index in [1.165, 1.54) is 30.5 Å². The summed E-state index contributed by atoms with van der Waals surface area (Å²) in [5.74, 6) is -4.21. The molecule has 1 N–H and O–H groups in total. The quantitative estimate of drug-likeness (QED) is 0.196. The van der Waals surface area contributed by atoms with E-state index in [-0.39, 0.29) is 82.1 Å². The minimum absolute atomic E-state index is 0.00798. The Hall–Kier alpha value is -5.35. The van der Waals surface area contributed by atoms with Crippen LogP contribution < -0.4 is 4.74 Å². The second-order valence-electron chi connectivity index (χ2n) is 11.6. The number of rotatable bonds is 8. The van der Waals surface area contributed by atoms with E-state index in [4.69, 9.17) is 14.7 Å². The molecule has 0 amide bonds. The molecule has 234 valence electrons. The van der Waals surface area contributed by atoms with Gasteiger partial charge < -0.3 is 19.1 Å². The summed E-state index contributed by atoms with van der Waals surface area (Å²) >= 11 is 0. The molecule has 1 atom stereocenters. The smallest absolute Gasteiger partial charge is 0.335 e. The molecule has 1 saturated heterocycles. The average Bonchev–Trinajstić information content (AvgIpc) is 3.56. The molecule has 0 aliphatic carbocycles. The highest BCUT2D eigenvalue weighted by molar-refractivity contribution is 5.93. The molecule has 1 aliphatic rings. The number of nitriles is 1. The van der Waals surface area contributed by atoms with Crippen LogP contribution in [-0.2, 0) is 17.8 Å². The Labute approximate surface area is 259 Å². The molecule has 6 rings (SSSR count). The van der Waals surface area contributed by atoms with Crippen LogP contribution in [0.25, 0.3) is 22.3 Å². The van der Waals surface area contributed by atoms with Crippen molar-refractivity contribution in [3.8, 4) is 23.3 Å². The number of nitrogens with zero attached hydrogens (tertiary/aromatic N) is 5. The number of carboxylic acid groups (broad SMARTS) is 1. The first-order chi connectivity index (χ1) is 21.9. The number of benzene rings is 3. The van der Waals surface area contributed by atoms with Crippen LogP contribution in [-0.4, -0.2) is 43.8 Å². The van der Waals surface area contributed by atoms with Gasteiger partial charge in [-0.25, -0.2) is 32.3 Å². The van der Waals surface area contributed by atoms with Crippen LogP contribution in [0.15, 0.2) is 54.7 Å². The largest absolute Gasteiger partial charge is 0.478 e. The fourth-order valence-electron chi connectivity index (χ4n) is 5.50. The second-order valence-corrected chi connectivity index (χ2v) is 11.6. The number of imidazole rings is 1. The Balaban J connectivity index is 1.32. The summed E-state index contributed by atoms with van der Waals surface area (Å²) in [6, 6.07) is 10.6. The Bertz CT molecular complexity index is 2060. The summed E-state index contributed by atoms with van der Waals surface area (Å²) in [4.78, 5) is 24.2. The van der Waals surface area contributed by atoms with Gasteiger partial charge in [-0.15, -0.1) is 0 Å². The number of aromatic nitrogens is 4. The number of ether oxygens (including phenoxy) is 2. The van der Waals surface area contributed by atoms with Crippen LogP contribution in [0.2, 0.25) is 0 Å². The van der Waals surface area contributed by atoms with Gasteiger partial charge in [0, 0.05) is 29.2 Å². The van der Waals surface area contributed by atoms with Gasteiger partial charge in [0.1, 0.15) is 35.4 Å². The Morgan fingerprint density at radius 3 is 2.52 bits per heavy atom. The zero-order chi connectivity index (χ0) is 32.7. The van der Waals surface area contributed by atoms with Crippen molar-refractivity contribution < 1.29 is 36.9 Å². The maximum absolute atomic E-state index is 15.6. The first-order valence-electron chi connectivity index (χ1n) is 14.1. The van der Waals surface area contributed by atoms with Crippen LogP contribution >= 0.6 is 0 Å². The standard InChI is InChI=1S/C33H25F4N5O4/c1-33(2)16-45-15-28(33)42-27-10-20(31(43)44)9-25(37)30(27)41-29(42)11-19-8-24(36)21(12-23(19)35)26-5-6-39-32(40-26)46-14-18-4-3-17(13-38)7-22(18)34/h3-10,12,28H,11,14-16H2,1-2H3,(H,43,44). The van der Waals surface area contributed by atoms with Gasteiger partial charge in [0.25, 0.3) is 0 Å². The Kier molecular flexibility index (Phi) is 7.91. The predicted molar refractivity (Wildman–Crippen MR) is 156 cm³/mol. The third-order valence-corrected chi connectivity index (χ3v) is 7.97. The minimum Gasteiger partial charge on any atom is -0.478 e. The van der Waals surface area contributed by atoms with Gasteiger partial charge in [-0.3, -0.25) is 0 Å². The molecule has 3 heterocycles. The van der Waals surface area contributed by atoms with Crippen molar-refractivity contribution in [2.24, 2.45) is 5.41 Å². The van der Waals surface area contributed by atoms with Crippen molar-refractivity contribution >= 4 is 17.0 Å². The van der Waals surface area contributed by atoms with Crippen molar-refractivity contribution in [2.75, 3.05) is 13.2 Å². The minimum atomic E-state index is -1.32. The lowest BCUT2D eigenvalue weighted by Crippen LogP contribution is -2.27. The van der Waals surface area contributed by atoms with E-state index in [9.17, 15) is 14.3 Å². The molecule has 0 saturated carbocycles. The molecule has 5 aromatic rings. The molecular weight excluding hydrogens is 606 g/mol. The highest BCUT2D eigenvalue weighted by Crippen LogP contribution is 2.41. The Morgan fingerprint density at radius 1 is 1.04 bits per heavy atom. The normalized spacial score (nSPS) is 15.6. The van der Waals surface area contributed by atoms with Gasteiger partial charge >= 0.3 is 12.0 Å². The number of carboxylic acids is 1. The maximum Gasteiger partial charge on any atom is 0.335 e. The fourth-order valence-corrected chi connectivity index (χ4v) is 5.50. The number of carbonyl (C=O) groups is 1. The maximum atomic E-state index is 15.6. The van der Waals surface area contributed by atoms with Crippen molar-refractivity contribution in [3.63, 3.8) is 0 Å². The monoisotopic (exact) mass is 631 g/mol. The van der Waals surface area contributed by atoms with Crippen LogP contribution in [0.5, 0.6) is 6.01 Å². The van der Waals surface area contributed by atoms with E-state index in [2.05, 4.69) is 15.0 Å². The highest BCUT2D eigenvalue weighted by atomic mass is 19.1. The van der Waals surface area contributed by atoms with Gasteiger partial charge in [0.05, 0.1) is 47.7 Å². The third kappa shape index (κ3) is 5.75. The Morgan fingerprint density at radius 2 is 1.83 bits per heavy atom. The van der Waals surface area contributed by atoms with E-state index in [0.29, 0.717) is 6.61 Å². The van der Waals surface area contributed by atoms with Gasteiger partial charge in [0.15, 0.2) is 5.82 Å². The van der Waals surface area contributed by atoms with Crippen molar-refractivity contribution in [1.82, 2.24) is 19.5 Å². The van der Waals surface area contributed by atoms with E-state index in [1.54, 1.807) is 4.57 Å². The summed E-state index contributed by atoms with van der Waals surface area (Å²) in [7, 11) is 0. The molecule has 0 radical (unpaired) electrons. The van der Waals surface area contributed by atoms with Crippen LogP contribution in [0.3, 0.4) is 0 Å². The lowest BCUT2D eigenvalue weighted by molar-refractivity contribution is 0.0696. The van der Waals surface area contributed by atoms with E-state index in [1.807, 2.05) is 19.9 Å². The third-order valence-electron chi connectivity index (χ3n) is 7.97. The molecule has 1 unspecified atom stereocenters. The summed E-state index contributed by atoms with van der Waals surface area (Å²) < 4.78 is 73.3. The van der Waals surface area contributed by atoms with E-state index in [0.717, 1.165) is 24.3 Å². The first kappa shape index (κ1) is 30.7. The lowest BCUT2D eigenvalue weighted by atomic mass is 9.87. The van der Waals surface area contributed by atoms with Gasteiger partial charge in [-0.05, 0) is 48.0 Å². The molecule has 0 bridgehead atoms. The number of hydrogen-bond acceptors (Lipinski definition) is 7. The molecule has 9 nitrogen and oxygen atoms in total.